The lowest BCUT2D eigenvalue weighted by Gasteiger charge is -2.16. The number of hydrogen-bond donors (Lipinski definition) is 1. The Balaban J connectivity index is 1.47. The number of carbonyl (C=O) groups is 1. The highest BCUT2D eigenvalue weighted by atomic mass is 19.1. The van der Waals surface area contributed by atoms with Crippen molar-refractivity contribution < 1.29 is 23.0 Å². The number of halogens is 2. The third-order valence-electron chi connectivity index (χ3n) is 4.23. The van der Waals surface area contributed by atoms with Crippen LogP contribution in [0.2, 0.25) is 0 Å². The molecule has 0 bridgehead atoms. The maximum absolute atomic E-state index is 14.5. The predicted octanol–water partition coefficient (Wildman–Crippen LogP) is 2.03. The van der Waals surface area contributed by atoms with E-state index < -0.39 is 30.6 Å². The number of rotatable bonds is 4. The highest BCUT2D eigenvalue weighted by molar-refractivity contribution is 5.89. The number of aromatic nitrogens is 4. The first-order valence-corrected chi connectivity index (χ1v) is 8.20. The molecule has 2 N–H and O–H groups in total. The van der Waals surface area contributed by atoms with E-state index in [-0.39, 0.29) is 30.0 Å². The molecule has 1 fully saturated rings. The molecule has 0 aliphatic carbocycles. The zero-order valence-corrected chi connectivity index (χ0v) is 14.0. The molecular formula is C17H15F2N5O3. The third-order valence-corrected chi connectivity index (χ3v) is 4.23. The Bertz CT molecular complexity index is 981. The van der Waals surface area contributed by atoms with Crippen LogP contribution in [-0.2, 0) is 9.47 Å². The average molecular weight is 375 g/mol. The van der Waals surface area contributed by atoms with Crippen LogP contribution in [0.5, 0.6) is 0 Å². The number of imidazole rings is 1. The van der Waals surface area contributed by atoms with E-state index in [0.717, 1.165) is 0 Å². The van der Waals surface area contributed by atoms with Crippen molar-refractivity contribution in [1.82, 2.24) is 19.5 Å². The van der Waals surface area contributed by atoms with Gasteiger partial charge < -0.3 is 15.2 Å². The van der Waals surface area contributed by atoms with Crippen molar-refractivity contribution in [2.24, 2.45) is 0 Å². The van der Waals surface area contributed by atoms with Gasteiger partial charge in [0.15, 0.2) is 23.2 Å². The standard InChI is InChI=1S/C17H15F2N5O3/c18-11-6-10(7-26-16(25)9-4-2-1-3-5-9)27-15(11)24-8-21-12-13(20)22-17(19)23-14(12)24/h1-5,8,10-11,15H,6-7H2,(H2,20,22,23)/t10-,11-,15+/m0/s1. The van der Waals surface area contributed by atoms with Gasteiger partial charge in [-0.05, 0) is 12.1 Å². The van der Waals surface area contributed by atoms with Crippen molar-refractivity contribution >= 4 is 23.0 Å². The molecule has 1 aromatic carbocycles. The Morgan fingerprint density at radius 1 is 1.33 bits per heavy atom. The average Bonchev–Trinajstić information content (AvgIpc) is 3.23. The second-order valence-corrected chi connectivity index (χ2v) is 6.07. The molecule has 1 aliphatic heterocycles. The fourth-order valence-electron chi connectivity index (χ4n) is 2.98. The maximum Gasteiger partial charge on any atom is 0.338 e. The van der Waals surface area contributed by atoms with Crippen LogP contribution in [0.25, 0.3) is 11.2 Å². The first-order valence-electron chi connectivity index (χ1n) is 8.20. The van der Waals surface area contributed by atoms with Gasteiger partial charge in [0.2, 0.25) is 0 Å². The molecule has 0 radical (unpaired) electrons. The van der Waals surface area contributed by atoms with E-state index in [2.05, 4.69) is 15.0 Å². The summed E-state index contributed by atoms with van der Waals surface area (Å²) in [6.07, 6.45) is -2.91. The molecule has 0 amide bonds. The summed E-state index contributed by atoms with van der Waals surface area (Å²) in [5.74, 6) is -0.660. The number of nitrogen functional groups attached to an aromatic ring is 1. The van der Waals surface area contributed by atoms with Gasteiger partial charge in [-0.15, -0.1) is 0 Å². The van der Waals surface area contributed by atoms with Gasteiger partial charge in [-0.3, -0.25) is 4.57 Å². The summed E-state index contributed by atoms with van der Waals surface area (Å²) >= 11 is 0. The molecule has 0 unspecified atom stereocenters. The van der Waals surface area contributed by atoms with Crippen molar-refractivity contribution in [3.8, 4) is 0 Å². The maximum atomic E-state index is 14.5. The number of alkyl halides is 1. The van der Waals surface area contributed by atoms with Gasteiger partial charge >= 0.3 is 12.0 Å². The highest BCUT2D eigenvalue weighted by Crippen LogP contribution is 2.33. The van der Waals surface area contributed by atoms with E-state index in [9.17, 15) is 13.6 Å². The second-order valence-electron chi connectivity index (χ2n) is 6.07. The van der Waals surface area contributed by atoms with Crippen LogP contribution in [-0.4, -0.2) is 44.4 Å². The monoisotopic (exact) mass is 375 g/mol. The van der Waals surface area contributed by atoms with Gasteiger partial charge in [0, 0.05) is 6.42 Å². The molecule has 3 heterocycles. The number of hydrogen-bond acceptors (Lipinski definition) is 7. The Labute approximate surface area is 151 Å². The summed E-state index contributed by atoms with van der Waals surface area (Å²) in [7, 11) is 0. The lowest BCUT2D eigenvalue weighted by molar-refractivity contribution is -0.0420. The van der Waals surface area contributed by atoms with Crippen molar-refractivity contribution in [2.45, 2.75) is 24.9 Å². The molecule has 1 aliphatic rings. The topological polar surface area (TPSA) is 105 Å². The van der Waals surface area contributed by atoms with E-state index in [1.54, 1.807) is 30.3 Å². The molecular weight excluding hydrogens is 360 g/mol. The highest BCUT2D eigenvalue weighted by Gasteiger charge is 2.38. The molecule has 1 saturated heterocycles. The lowest BCUT2D eigenvalue weighted by Crippen LogP contribution is -2.19. The molecule has 10 heteroatoms. The van der Waals surface area contributed by atoms with Crippen molar-refractivity contribution in [3.63, 3.8) is 0 Å². The zero-order valence-electron chi connectivity index (χ0n) is 14.0. The van der Waals surface area contributed by atoms with E-state index >= 15 is 0 Å². The van der Waals surface area contributed by atoms with Crippen LogP contribution < -0.4 is 5.73 Å². The molecule has 140 valence electrons. The molecule has 3 atom stereocenters. The summed E-state index contributed by atoms with van der Waals surface area (Å²) in [6, 6.07) is 8.45. The SMILES string of the molecule is Nc1nc(F)nc2c1ncn2[C@@H]1O[C@H](COC(=O)c2ccccc2)C[C@@H]1F. The summed E-state index contributed by atoms with van der Waals surface area (Å²) in [4.78, 5) is 23.0. The molecule has 4 rings (SSSR count). The van der Waals surface area contributed by atoms with E-state index in [4.69, 9.17) is 15.2 Å². The number of benzene rings is 1. The summed E-state index contributed by atoms with van der Waals surface area (Å²) in [6.45, 7) is -0.108. The number of esters is 1. The van der Waals surface area contributed by atoms with E-state index in [1.807, 2.05) is 0 Å². The number of carbonyl (C=O) groups excluding carboxylic acids is 1. The Hall–Kier alpha value is -3.14. The van der Waals surface area contributed by atoms with Gasteiger partial charge in [-0.1, -0.05) is 18.2 Å². The predicted molar refractivity (Wildman–Crippen MR) is 89.8 cm³/mol. The van der Waals surface area contributed by atoms with Gasteiger partial charge in [-0.2, -0.15) is 14.4 Å². The number of ether oxygens (including phenoxy) is 2. The quantitative estimate of drug-likeness (QED) is 0.549. The largest absolute Gasteiger partial charge is 0.459 e. The molecule has 0 spiro atoms. The number of nitrogens with two attached hydrogens (primary N) is 1. The van der Waals surface area contributed by atoms with Crippen LogP contribution in [0, 0.1) is 6.08 Å². The summed E-state index contributed by atoms with van der Waals surface area (Å²) < 4.78 is 40.0. The fourth-order valence-corrected chi connectivity index (χ4v) is 2.98. The summed E-state index contributed by atoms with van der Waals surface area (Å²) in [5.41, 5.74) is 6.20. The van der Waals surface area contributed by atoms with Crippen LogP contribution >= 0.6 is 0 Å². The number of anilines is 1. The van der Waals surface area contributed by atoms with Crippen LogP contribution in [0.4, 0.5) is 14.6 Å². The zero-order chi connectivity index (χ0) is 19.0. The van der Waals surface area contributed by atoms with Crippen molar-refractivity contribution in [3.05, 3.63) is 48.3 Å². The van der Waals surface area contributed by atoms with E-state index in [1.165, 1.54) is 10.9 Å². The first kappa shape index (κ1) is 17.3. The fraction of sp³-hybridized carbons (Fsp3) is 0.294. The van der Waals surface area contributed by atoms with Crippen molar-refractivity contribution in [1.29, 1.82) is 0 Å². The molecule has 0 saturated carbocycles. The Morgan fingerprint density at radius 2 is 2.11 bits per heavy atom. The minimum absolute atomic E-state index is 0.00938. The summed E-state index contributed by atoms with van der Waals surface area (Å²) in [5, 5.41) is 0. The molecule has 27 heavy (non-hydrogen) atoms. The van der Waals surface area contributed by atoms with Gasteiger partial charge in [0.1, 0.15) is 12.8 Å². The van der Waals surface area contributed by atoms with E-state index in [0.29, 0.717) is 5.56 Å². The smallest absolute Gasteiger partial charge is 0.338 e. The van der Waals surface area contributed by atoms with Crippen LogP contribution in [0.15, 0.2) is 36.7 Å². The molecule has 8 nitrogen and oxygen atoms in total. The minimum atomic E-state index is -1.41. The Kier molecular flexibility index (Phi) is 4.40. The van der Waals surface area contributed by atoms with Crippen molar-refractivity contribution in [2.75, 3.05) is 12.3 Å². The van der Waals surface area contributed by atoms with Crippen LogP contribution in [0.3, 0.4) is 0 Å². The lowest BCUT2D eigenvalue weighted by atomic mass is 10.2. The van der Waals surface area contributed by atoms with Gasteiger partial charge in [0.05, 0.1) is 18.0 Å². The van der Waals surface area contributed by atoms with Gasteiger partial charge in [0.25, 0.3) is 0 Å². The van der Waals surface area contributed by atoms with Crippen LogP contribution in [0.1, 0.15) is 23.0 Å². The normalized spacial score (nSPS) is 22.2. The number of nitrogens with zero attached hydrogens (tertiary/aromatic N) is 4. The molecule has 2 aromatic heterocycles. The van der Waals surface area contributed by atoms with Gasteiger partial charge in [-0.25, -0.2) is 14.2 Å². The Morgan fingerprint density at radius 3 is 2.89 bits per heavy atom. The first-order chi connectivity index (χ1) is 13.0. The third kappa shape index (κ3) is 3.31. The second kappa shape index (κ2) is 6.88. The molecule has 3 aromatic rings. The minimum Gasteiger partial charge on any atom is -0.459 e. The number of fused-ring (bicyclic) bond motifs is 1.